The fourth-order valence-corrected chi connectivity index (χ4v) is 1.06. The van der Waals surface area contributed by atoms with E-state index in [-0.39, 0.29) is 0 Å². The zero-order chi connectivity index (χ0) is 8.27. The highest BCUT2D eigenvalue weighted by Crippen LogP contribution is 2.00. The molecule has 0 saturated heterocycles. The molecule has 4 nitrogen and oxygen atoms in total. The molecule has 62 valence electrons. The van der Waals surface area contributed by atoms with Gasteiger partial charge in [-0.15, -0.1) is 0 Å². The molecule has 0 bridgehead atoms. The Hall–Kier alpha value is -0.870. The van der Waals surface area contributed by atoms with E-state index < -0.39 is 0 Å². The van der Waals surface area contributed by atoms with Crippen molar-refractivity contribution < 1.29 is 5.21 Å². The Morgan fingerprint density at radius 2 is 2.36 bits per heavy atom. The molecule has 1 rings (SSSR count). The quantitative estimate of drug-likeness (QED) is 0.624. The van der Waals surface area contributed by atoms with Crippen LogP contribution < -0.4 is 5.48 Å². The van der Waals surface area contributed by atoms with Crippen LogP contribution in [0.25, 0.3) is 0 Å². The molecule has 1 heterocycles. The average Bonchev–Trinajstić information content (AvgIpc) is 2.26. The molecule has 0 spiro atoms. The van der Waals surface area contributed by atoms with E-state index in [4.69, 9.17) is 5.21 Å². The van der Waals surface area contributed by atoms with Gasteiger partial charge in [-0.05, 0) is 19.9 Å². The lowest BCUT2D eigenvalue weighted by atomic mass is 10.4. The molecule has 0 atom stereocenters. The molecule has 1 aromatic heterocycles. The Bertz CT molecular complexity index is 232. The fraction of sp³-hybridized carbons (Fsp3) is 0.571. The van der Waals surface area contributed by atoms with E-state index in [2.05, 4.69) is 10.6 Å². The van der Waals surface area contributed by atoms with Gasteiger partial charge in [-0.25, -0.2) is 5.48 Å². The van der Waals surface area contributed by atoms with Crippen molar-refractivity contribution in [2.75, 3.05) is 6.54 Å². The van der Waals surface area contributed by atoms with Gasteiger partial charge in [-0.3, -0.25) is 4.68 Å². The van der Waals surface area contributed by atoms with Crippen LogP contribution in [0.15, 0.2) is 6.07 Å². The molecule has 0 aromatic carbocycles. The highest BCUT2D eigenvalue weighted by molar-refractivity contribution is 5.06. The first-order valence-corrected chi connectivity index (χ1v) is 3.62. The molecular formula is C7H13N3O. The molecule has 0 radical (unpaired) electrons. The molecule has 0 aliphatic heterocycles. The van der Waals surface area contributed by atoms with Crippen molar-refractivity contribution in [3.05, 3.63) is 17.5 Å². The van der Waals surface area contributed by atoms with Crippen molar-refractivity contribution in [3.63, 3.8) is 0 Å². The summed E-state index contributed by atoms with van der Waals surface area (Å²) >= 11 is 0. The Balaban J connectivity index is 2.62. The molecule has 0 amide bonds. The SMILES string of the molecule is Cc1cc(C)n(CCNO)n1. The van der Waals surface area contributed by atoms with E-state index in [0.717, 1.165) is 11.4 Å². The molecule has 11 heavy (non-hydrogen) atoms. The lowest BCUT2D eigenvalue weighted by molar-refractivity contribution is 0.161. The van der Waals surface area contributed by atoms with Crippen LogP contribution in [0.1, 0.15) is 11.4 Å². The summed E-state index contributed by atoms with van der Waals surface area (Å²) in [6.07, 6.45) is 0. The number of hydroxylamine groups is 1. The Morgan fingerprint density at radius 1 is 1.64 bits per heavy atom. The average molecular weight is 155 g/mol. The summed E-state index contributed by atoms with van der Waals surface area (Å²) in [6.45, 7) is 5.19. The minimum Gasteiger partial charge on any atom is -0.317 e. The molecule has 4 heteroatoms. The number of rotatable bonds is 3. The number of hydrogen-bond donors (Lipinski definition) is 2. The van der Waals surface area contributed by atoms with Crippen LogP contribution in [0.5, 0.6) is 0 Å². The monoisotopic (exact) mass is 155 g/mol. The van der Waals surface area contributed by atoms with E-state index in [9.17, 15) is 0 Å². The number of nitrogens with one attached hydrogen (secondary N) is 1. The van der Waals surface area contributed by atoms with Gasteiger partial charge < -0.3 is 5.21 Å². The molecule has 0 aliphatic carbocycles. The number of nitrogens with zero attached hydrogens (tertiary/aromatic N) is 2. The van der Waals surface area contributed by atoms with E-state index in [1.165, 1.54) is 0 Å². The number of aryl methyl sites for hydroxylation is 2. The Labute approximate surface area is 65.8 Å². The summed E-state index contributed by atoms with van der Waals surface area (Å²) in [5.74, 6) is 0. The first-order valence-electron chi connectivity index (χ1n) is 3.62. The molecule has 0 aliphatic rings. The Morgan fingerprint density at radius 3 is 2.82 bits per heavy atom. The van der Waals surface area contributed by atoms with Gasteiger partial charge in [0, 0.05) is 12.2 Å². The highest BCUT2D eigenvalue weighted by Gasteiger charge is 1.98. The maximum Gasteiger partial charge on any atom is 0.0596 e. The minimum absolute atomic E-state index is 0.530. The topological polar surface area (TPSA) is 50.1 Å². The standard InChI is InChI=1S/C7H13N3O/c1-6-5-7(2)10(9-6)4-3-8-11/h5,8,11H,3-4H2,1-2H3. The second-order valence-corrected chi connectivity index (χ2v) is 2.56. The van der Waals surface area contributed by atoms with Gasteiger partial charge in [0.1, 0.15) is 0 Å². The normalized spacial score (nSPS) is 10.5. The van der Waals surface area contributed by atoms with Crippen LogP contribution in [0.2, 0.25) is 0 Å². The highest BCUT2D eigenvalue weighted by atomic mass is 16.5. The summed E-state index contributed by atoms with van der Waals surface area (Å²) in [5, 5.41) is 12.5. The molecule has 1 aromatic rings. The summed E-state index contributed by atoms with van der Waals surface area (Å²) in [4.78, 5) is 0. The van der Waals surface area contributed by atoms with Crippen LogP contribution in [-0.4, -0.2) is 21.5 Å². The van der Waals surface area contributed by atoms with Crippen molar-refractivity contribution in [3.8, 4) is 0 Å². The van der Waals surface area contributed by atoms with Crippen molar-refractivity contribution in [2.45, 2.75) is 20.4 Å². The van der Waals surface area contributed by atoms with Gasteiger partial charge in [0.15, 0.2) is 0 Å². The van der Waals surface area contributed by atoms with Crippen molar-refractivity contribution in [2.24, 2.45) is 0 Å². The number of hydrogen-bond acceptors (Lipinski definition) is 3. The van der Waals surface area contributed by atoms with Crippen LogP contribution >= 0.6 is 0 Å². The van der Waals surface area contributed by atoms with Gasteiger partial charge in [0.25, 0.3) is 0 Å². The third kappa shape index (κ3) is 2.03. The fourth-order valence-electron chi connectivity index (χ4n) is 1.06. The van der Waals surface area contributed by atoms with E-state index in [1.54, 1.807) is 0 Å². The second kappa shape index (κ2) is 3.50. The predicted molar refractivity (Wildman–Crippen MR) is 41.5 cm³/mol. The van der Waals surface area contributed by atoms with E-state index in [1.807, 2.05) is 24.6 Å². The first kappa shape index (κ1) is 8.23. The van der Waals surface area contributed by atoms with E-state index in [0.29, 0.717) is 13.1 Å². The van der Waals surface area contributed by atoms with Crippen molar-refractivity contribution in [1.29, 1.82) is 0 Å². The first-order chi connectivity index (χ1) is 5.24. The zero-order valence-corrected chi connectivity index (χ0v) is 6.83. The van der Waals surface area contributed by atoms with Gasteiger partial charge in [0.2, 0.25) is 0 Å². The summed E-state index contributed by atoms with van der Waals surface area (Å²) in [6, 6.07) is 2.01. The second-order valence-electron chi connectivity index (χ2n) is 2.56. The van der Waals surface area contributed by atoms with Crippen LogP contribution in [-0.2, 0) is 6.54 Å². The minimum atomic E-state index is 0.530. The third-order valence-electron chi connectivity index (χ3n) is 1.54. The van der Waals surface area contributed by atoms with Gasteiger partial charge >= 0.3 is 0 Å². The largest absolute Gasteiger partial charge is 0.317 e. The summed E-state index contributed by atoms with van der Waals surface area (Å²) in [7, 11) is 0. The smallest absolute Gasteiger partial charge is 0.0596 e. The maximum atomic E-state index is 8.33. The third-order valence-corrected chi connectivity index (χ3v) is 1.54. The van der Waals surface area contributed by atoms with E-state index >= 15 is 0 Å². The number of aromatic nitrogens is 2. The Kier molecular flexibility index (Phi) is 2.62. The summed E-state index contributed by atoms with van der Waals surface area (Å²) < 4.78 is 1.86. The maximum absolute atomic E-state index is 8.33. The molecule has 2 N–H and O–H groups in total. The van der Waals surface area contributed by atoms with Crippen LogP contribution in [0, 0.1) is 13.8 Å². The van der Waals surface area contributed by atoms with Crippen molar-refractivity contribution >= 4 is 0 Å². The predicted octanol–water partition coefficient (Wildman–Crippen LogP) is 0.479. The lowest BCUT2D eigenvalue weighted by Gasteiger charge is -2.01. The molecule has 0 unspecified atom stereocenters. The molecule has 0 fully saturated rings. The summed E-state index contributed by atoms with van der Waals surface area (Å²) in [5.41, 5.74) is 4.23. The van der Waals surface area contributed by atoms with Crippen molar-refractivity contribution in [1.82, 2.24) is 15.3 Å². The van der Waals surface area contributed by atoms with Crippen LogP contribution in [0.3, 0.4) is 0 Å². The van der Waals surface area contributed by atoms with Gasteiger partial charge in [-0.2, -0.15) is 5.10 Å². The van der Waals surface area contributed by atoms with Gasteiger partial charge in [-0.1, -0.05) is 0 Å². The zero-order valence-electron chi connectivity index (χ0n) is 6.83. The van der Waals surface area contributed by atoms with Gasteiger partial charge in [0.05, 0.1) is 12.2 Å². The molecule has 0 saturated carbocycles. The molecular weight excluding hydrogens is 142 g/mol. The van der Waals surface area contributed by atoms with Crippen LogP contribution in [0.4, 0.5) is 0 Å². The lowest BCUT2D eigenvalue weighted by Crippen LogP contribution is -2.17.